The van der Waals surface area contributed by atoms with Gasteiger partial charge in [0.15, 0.2) is 5.75 Å². The monoisotopic (exact) mass is 427 g/mol. The molecule has 1 saturated carbocycles. The average Bonchev–Trinajstić information content (AvgIpc) is 3.26. The number of rotatable bonds is 6. The zero-order valence-corrected chi connectivity index (χ0v) is 17.5. The van der Waals surface area contributed by atoms with E-state index >= 15 is 0 Å². The molecule has 5 rings (SSSR count). The molecule has 1 unspecified atom stereocenters. The van der Waals surface area contributed by atoms with Gasteiger partial charge in [-0.2, -0.15) is 8.42 Å². The lowest BCUT2D eigenvalue weighted by Gasteiger charge is -2.27. The van der Waals surface area contributed by atoms with Gasteiger partial charge in [0.25, 0.3) is 0 Å². The second-order valence-electron chi connectivity index (χ2n) is 8.38. The third-order valence-corrected chi connectivity index (χ3v) is 7.17. The molecule has 2 fully saturated rings. The van der Waals surface area contributed by atoms with Gasteiger partial charge in [0.1, 0.15) is 0 Å². The fraction of sp³-hybridized carbons (Fsp3) is 0.409. The molecule has 2 heterocycles. The number of nitrogens with one attached hydrogen (secondary N) is 2. The average molecular weight is 428 g/mol. The third kappa shape index (κ3) is 3.65. The summed E-state index contributed by atoms with van der Waals surface area (Å²) in [6, 6.07) is 15.2. The third-order valence-electron chi connectivity index (χ3n) is 6.30. The lowest BCUT2D eigenvalue weighted by atomic mass is 9.93. The number of likely N-dealkylation sites (tertiary alicyclic amines) is 1. The minimum absolute atomic E-state index is 0.00253. The Hall–Kier alpha value is -2.58. The number of amides is 1. The van der Waals surface area contributed by atoms with Crippen molar-refractivity contribution >= 4 is 21.9 Å². The number of anilines is 1. The van der Waals surface area contributed by atoms with Crippen LogP contribution in [0.5, 0.6) is 5.75 Å². The van der Waals surface area contributed by atoms with Crippen LogP contribution in [0.25, 0.3) is 0 Å². The summed E-state index contributed by atoms with van der Waals surface area (Å²) in [6.45, 7) is 2.92. The topological polar surface area (TPSA) is 87.7 Å². The SMILES string of the molecule is O=C(NC(CN1CCCC1)c1ccccc1)C1(c2ccc3c(c2)NS(=O)(=O)O3)CC1. The van der Waals surface area contributed by atoms with Crippen LogP contribution in [0.2, 0.25) is 0 Å². The summed E-state index contributed by atoms with van der Waals surface area (Å²) in [4.78, 5) is 15.8. The summed E-state index contributed by atoms with van der Waals surface area (Å²) < 4.78 is 30.6. The highest BCUT2D eigenvalue weighted by Crippen LogP contribution is 2.50. The van der Waals surface area contributed by atoms with Crippen LogP contribution < -0.4 is 14.2 Å². The summed E-state index contributed by atoms with van der Waals surface area (Å²) in [5.74, 6) is 0.267. The Balaban J connectivity index is 1.38. The smallest absolute Gasteiger partial charge is 0.365 e. The van der Waals surface area contributed by atoms with Gasteiger partial charge >= 0.3 is 10.3 Å². The van der Waals surface area contributed by atoms with E-state index < -0.39 is 15.7 Å². The zero-order valence-electron chi connectivity index (χ0n) is 16.6. The molecule has 2 N–H and O–H groups in total. The molecule has 8 heteroatoms. The standard InChI is InChI=1S/C22H25N3O4S/c26-21(23-19(15-25-12-4-5-13-25)16-6-2-1-3-7-16)22(10-11-22)17-8-9-20-18(14-17)24-30(27,28)29-20/h1-3,6-9,14,19,24H,4-5,10-13,15H2,(H,23,26). The van der Waals surface area contributed by atoms with Crippen LogP contribution in [0.3, 0.4) is 0 Å². The Morgan fingerprint density at radius 2 is 1.87 bits per heavy atom. The Morgan fingerprint density at radius 1 is 1.13 bits per heavy atom. The molecule has 0 radical (unpaired) electrons. The van der Waals surface area contributed by atoms with E-state index in [1.165, 1.54) is 12.8 Å². The number of hydrogen-bond acceptors (Lipinski definition) is 5. The summed E-state index contributed by atoms with van der Waals surface area (Å²) in [7, 11) is -3.79. The lowest BCUT2D eigenvalue weighted by molar-refractivity contribution is -0.124. The van der Waals surface area contributed by atoms with E-state index in [9.17, 15) is 13.2 Å². The molecule has 2 aliphatic heterocycles. The van der Waals surface area contributed by atoms with Gasteiger partial charge in [0, 0.05) is 6.54 Å². The highest BCUT2D eigenvalue weighted by atomic mass is 32.2. The lowest BCUT2D eigenvalue weighted by Crippen LogP contribution is -2.41. The Kier molecular flexibility index (Phi) is 4.71. The molecule has 1 amide bonds. The van der Waals surface area contributed by atoms with Gasteiger partial charge < -0.3 is 14.4 Å². The second kappa shape index (κ2) is 7.28. The maximum Gasteiger partial charge on any atom is 0.407 e. The van der Waals surface area contributed by atoms with Crippen molar-refractivity contribution in [3.8, 4) is 5.75 Å². The molecule has 7 nitrogen and oxygen atoms in total. The van der Waals surface area contributed by atoms with E-state index in [-0.39, 0.29) is 17.7 Å². The molecular weight excluding hydrogens is 402 g/mol. The van der Waals surface area contributed by atoms with Crippen LogP contribution in [0.1, 0.15) is 42.9 Å². The number of carbonyl (C=O) groups is 1. The van der Waals surface area contributed by atoms with Crippen molar-refractivity contribution < 1.29 is 17.4 Å². The van der Waals surface area contributed by atoms with E-state index in [2.05, 4.69) is 27.1 Å². The summed E-state index contributed by atoms with van der Waals surface area (Å²) in [6.07, 6.45) is 3.89. The van der Waals surface area contributed by atoms with E-state index in [0.717, 1.165) is 43.6 Å². The van der Waals surface area contributed by atoms with Crippen LogP contribution in [-0.4, -0.2) is 38.9 Å². The molecule has 158 valence electrons. The first-order valence-electron chi connectivity index (χ1n) is 10.4. The summed E-state index contributed by atoms with van der Waals surface area (Å²) in [5.41, 5.74) is 1.70. The Labute approximate surface area is 176 Å². The minimum atomic E-state index is -3.79. The molecule has 2 aromatic rings. The zero-order chi connectivity index (χ0) is 20.8. The molecule has 1 aliphatic carbocycles. The van der Waals surface area contributed by atoms with E-state index in [1.54, 1.807) is 18.2 Å². The van der Waals surface area contributed by atoms with E-state index in [0.29, 0.717) is 5.69 Å². The van der Waals surface area contributed by atoms with E-state index in [1.807, 2.05) is 18.2 Å². The molecular formula is C22H25N3O4S. The van der Waals surface area contributed by atoms with Gasteiger partial charge in [-0.3, -0.25) is 4.79 Å². The van der Waals surface area contributed by atoms with Gasteiger partial charge in [0.2, 0.25) is 5.91 Å². The van der Waals surface area contributed by atoms with Gasteiger partial charge in [-0.05, 0) is 62.0 Å². The van der Waals surface area contributed by atoms with Gasteiger partial charge in [-0.25, -0.2) is 4.72 Å². The maximum atomic E-state index is 13.4. The number of hydrogen-bond donors (Lipinski definition) is 2. The number of benzene rings is 2. The van der Waals surface area contributed by atoms with Gasteiger partial charge in [-0.1, -0.05) is 36.4 Å². The Bertz CT molecular complexity index is 1060. The largest absolute Gasteiger partial charge is 0.407 e. The molecule has 1 saturated heterocycles. The van der Waals surface area contributed by atoms with Crippen molar-refractivity contribution in [3.05, 3.63) is 59.7 Å². The quantitative estimate of drug-likeness (QED) is 0.740. The van der Waals surface area contributed by atoms with Crippen molar-refractivity contribution in [1.29, 1.82) is 0 Å². The molecule has 0 bridgehead atoms. The van der Waals surface area contributed by atoms with Gasteiger partial charge in [-0.15, -0.1) is 0 Å². The molecule has 1 atom stereocenters. The predicted octanol–water partition coefficient (Wildman–Crippen LogP) is 2.72. The highest BCUT2D eigenvalue weighted by Gasteiger charge is 2.52. The maximum absolute atomic E-state index is 13.4. The molecule has 0 aromatic heterocycles. The van der Waals surface area contributed by atoms with Crippen LogP contribution >= 0.6 is 0 Å². The van der Waals surface area contributed by atoms with Crippen LogP contribution in [-0.2, 0) is 20.5 Å². The van der Waals surface area contributed by atoms with Crippen LogP contribution in [0.15, 0.2) is 48.5 Å². The molecule has 0 spiro atoms. The molecule has 3 aliphatic rings. The van der Waals surface area contributed by atoms with E-state index in [4.69, 9.17) is 4.18 Å². The van der Waals surface area contributed by atoms with Crippen molar-refractivity contribution in [1.82, 2.24) is 10.2 Å². The number of carbonyl (C=O) groups excluding carboxylic acids is 1. The number of fused-ring (bicyclic) bond motifs is 1. The second-order valence-corrected chi connectivity index (χ2v) is 9.66. The van der Waals surface area contributed by atoms with Crippen molar-refractivity contribution in [3.63, 3.8) is 0 Å². The predicted molar refractivity (Wildman–Crippen MR) is 114 cm³/mol. The normalized spacial score (nSPS) is 21.9. The molecule has 2 aromatic carbocycles. The first-order valence-corrected chi connectivity index (χ1v) is 11.8. The fourth-order valence-electron chi connectivity index (χ4n) is 4.47. The molecule has 30 heavy (non-hydrogen) atoms. The minimum Gasteiger partial charge on any atom is -0.365 e. The van der Waals surface area contributed by atoms with Crippen molar-refractivity contribution in [2.45, 2.75) is 37.1 Å². The fourth-order valence-corrected chi connectivity index (χ4v) is 5.32. The first kappa shape index (κ1) is 19.4. The van der Waals surface area contributed by atoms with Gasteiger partial charge in [0.05, 0.1) is 17.1 Å². The van der Waals surface area contributed by atoms with Crippen molar-refractivity contribution in [2.75, 3.05) is 24.4 Å². The summed E-state index contributed by atoms with van der Waals surface area (Å²) >= 11 is 0. The van der Waals surface area contributed by atoms with Crippen molar-refractivity contribution in [2.24, 2.45) is 0 Å². The number of nitrogens with zero attached hydrogens (tertiary/aromatic N) is 1. The van der Waals surface area contributed by atoms with Crippen LogP contribution in [0.4, 0.5) is 5.69 Å². The Morgan fingerprint density at radius 3 is 2.57 bits per heavy atom. The first-order chi connectivity index (χ1) is 14.5. The highest BCUT2D eigenvalue weighted by molar-refractivity contribution is 7.88. The summed E-state index contributed by atoms with van der Waals surface area (Å²) in [5, 5.41) is 3.29. The van der Waals surface area contributed by atoms with Crippen LogP contribution in [0, 0.1) is 0 Å².